The zero-order valence-electron chi connectivity index (χ0n) is 8.85. The second-order valence-electron chi connectivity index (χ2n) is 3.73. The van der Waals surface area contributed by atoms with E-state index in [0.717, 1.165) is 38.3 Å². The molecule has 0 aliphatic heterocycles. The van der Waals surface area contributed by atoms with Crippen molar-refractivity contribution in [1.82, 2.24) is 0 Å². The molecule has 0 aromatic carbocycles. The van der Waals surface area contributed by atoms with E-state index in [2.05, 4.69) is 0 Å². The Balaban J connectivity index is 3.07. The summed E-state index contributed by atoms with van der Waals surface area (Å²) in [5, 5.41) is 9.46. The summed E-state index contributed by atoms with van der Waals surface area (Å²) >= 11 is 0. The van der Waals surface area contributed by atoms with Crippen molar-refractivity contribution >= 4 is 6.92 Å². The summed E-state index contributed by atoms with van der Waals surface area (Å²) in [6.07, 6.45) is 6.24. The minimum atomic E-state index is -0.269. The fourth-order valence-electron chi connectivity index (χ4n) is 1.45. The largest absolute Gasteiger partial charge is 0.450 e. The molecule has 4 heteroatoms. The van der Waals surface area contributed by atoms with Gasteiger partial charge in [-0.05, 0) is 25.5 Å². The second-order valence-corrected chi connectivity index (χ2v) is 3.73. The minimum Gasteiger partial charge on any atom is -0.450 e. The molecule has 0 radical (unpaired) electrons. The van der Waals surface area contributed by atoms with Crippen molar-refractivity contribution < 1.29 is 13.8 Å². The molecule has 0 unspecified atom stereocenters. The zero-order chi connectivity index (χ0) is 10.6. The van der Waals surface area contributed by atoms with Gasteiger partial charge in [-0.1, -0.05) is 25.7 Å². The van der Waals surface area contributed by atoms with Crippen molar-refractivity contribution in [3.8, 4) is 0 Å². The van der Waals surface area contributed by atoms with E-state index in [1.54, 1.807) is 0 Å². The summed E-state index contributed by atoms with van der Waals surface area (Å²) in [6.45, 7) is -0.784. The fourth-order valence-corrected chi connectivity index (χ4v) is 1.45. The highest BCUT2D eigenvalue weighted by Gasteiger charge is 2.09. The lowest BCUT2D eigenvalue weighted by Crippen LogP contribution is -2.10. The quantitative estimate of drug-likeness (QED) is 0.429. The van der Waals surface area contributed by atoms with E-state index in [9.17, 15) is 13.8 Å². The summed E-state index contributed by atoms with van der Waals surface area (Å²) in [5.41, 5.74) is 0. The molecule has 0 bridgehead atoms. The van der Waals surface area contributed by atoms with E-state index in [4.69, 9.17) is 0 Å². The Morgan fingerprint density at radius 3 is 1.50 bits per heavy atom. The van der Waals surface area contributed by atoms with Crippen LogP contribution < -0.4 is 0 Å². The van der Waals surface area contributed by atoms with E-state index < -0.39 is 0 Å². The highest BCUT2D eigenvalue weighted by molar-refractivity contribution is 6.50. The molecule has 0 amide bonds. The normalized spacial score (nSPS) is 10.5. The van der Waals surface area contributed by atoms with Crippen LogP contribution in [0.15, 0.2) is 0 Å². The molecule has 0 fully saturated rings. The second kappa shape index (κ2) is 11.0. The molecule has 0 heterocycles. The Morgan fingerprint density at radius 1 is 0.714 bits per heavy atom. The summed E-state index contributed by atoms with van der Waals surface area (Å²) in [4.78, 5) is 0. The molecule has 1 nitrogen and oxygen atoms in total. The predicted octanol–water partition coefficient (Wildman–Crippen LogP) is 3.25. The topological polar surface area (TPSA) is 20.2 Å². The van der Waals surface area contributed by atoms with Crippen LogP contribution in [0.4, 0.5) is 8.78 Å². The highest BCUT2D eigenvalue weighted by Crippen LogP contribution is 2.10. The van der Waals surface area contributed by atoms with Crippen LogP contribution in [-0.4, -0.2) is 25.3 Å². The summed E-state index contributed by atoms with van der Waals surface area (Å²) in [6, 6.07) is 0. The van der Waals surface area contributed by atoms with Crippen molar-refractivity contribution in [2.24, 2.45) is 0 Å². The SMILES string of the molecule is OB(CCCCCF)CCCCCF. The van der Waals surface area contributed by atoms with Crippen LogP contribution in [0.3, 0.4) is 0 Å². The van der Waals surface area contributed by atoms with E-state index in [1.165, 1.54) is 0 Å². The Morgan fingerprint density at radius 2 is 1.14 bits per heavy atom. The van der Waals surface area contributed by atoms with Gasteiger partial charge < -0.3 is 5.02 Å². The number of halogens is 2. The van der Waals surface area contributed by atoms with Crippen LogP contribution in [-0.2, 0) is 0 Å². The molecule has 14 heavy (non-hydrogen) atoms. The lowest BCUT2D eigenvalue weighted by Gasteiger charge is -2.05. The van der Waals surface area contributed by atoms with Crippen molar-refractivity contribution in [1.29, 1.82) is 0 Å². The van der Waals surface area contributed by atoms with Gasteiger partial charge in [0.1, 0.15) is 0 Å². The molecule has 0 aliphatic rings. The van der Waals surface area contributed by atoms with Gasteiger partial charge in [0, 0.05) is 0 Å². The first-order valence-corrected chi connectivity index (χ1v) is 5.61. The number of rotatable bonds is 10. The third-order valence-corrected chi connectivity index (χ3v) is 2.34. The van der Waals surface area contributed by atoms with Crippen LogP contribution in [0.25, 0.3) is 0 Å². The summed E-state index contributed by atoms with van der Waals surface area (Å²) in [5.74, 6) is 0. The molecule has 0 aromatic rings. The maximum Gasteiger partial charge on any atom is 0.288 e. The van der Waals surface area contributed by atoms with Crippen molar-refractivity contribution in [2.75, 3.05) is 13.3 Å². The molecule has 0 rings (SSSR count). The molecule has 0 atom stereocenters. The van der Waals surface area contributed by atoms with Gasteiger partial charge in [0.05, 0.1) is 13.3 Å². The molecule has 1 N–H and O–H groups in total. The Hall–Kier alpha value is -0.115. The maximum atomic E-state index is 11.7. The van der Waals surface area contributed by atoms with Gasteiger partial charge >= 0.3 is 0 Å². The van der Waals surface area contributed by atoms with Crippen LogP contribution in [0.2, 0.25) is 12.6 Å². The van der Waals surface area contributed by atoms with Crippen molar-refractivity contribution in [3.05, 3.63) is 0 Å². The van der Waals surface area contributed by atoms with Gasteiger partial charge in [-0.3, -0.25) is 8.78 Å². The van der Waals surface area contributed by atoms with Gasteiger partial charge in [-0.15, -0.1) is 0 Å². The first kappa shape index (κ1) is 13.9. The van der Waals surface area contributed by atoms with E-state index in [1.807, 2.05) is 0 Å². The van der Waals surface area contributed by atoms with Crippen molar-refractivity contribution in [3.63, 3.8) is 0 Å². The van der Waals surface area contributed by atoms with E-state index >= 15 is 0 Å². The number of unbranched alkanes of at least 4 members (excludes halogenated alkanes) is 4. The average molecular weight is 206 g/mol. The van der Waals surface area contributed by atoms with Gasteiger partial charge in [0.25, 0.3) is 6.92 Å². The Bertz CT molecular complexity index is 102. The third kappa shape index (κ3) is 9.97. The Kier molecular flexibility index (Phi) is 10.9. The monoisotopic (exact) mass is 206 g/mol. The average Bonchev–Trinajstić information content (AvgIpc) is 2.19. The van der Waals surface area contributed by atoms with Crippen LogP contribution >= 0.6 is 0 Å². The minimum absolute atomic E-state index is 0.257. The van der Waals surface area contributed by atoms with Gasteiger partial charge in [0.2, 0.25) is 0 Å². The standard InChI is InChI=1S/C10H21BF2O/c12-9-5-1-3-7-11(14)8-4-2-6-10-13/h14H,1-10H2. The molecule has 0 aliphatic carbocycles. The van der Waals surface area contributed by atoms with Crippen LogP contribution in [0.1, 0.15) is 38.5 Å². The lowest BCUT2D eigenvalue weighted by molar-refractivity contribution is 0.453. The number of hydrogen-bond donors (Lipinski definition) is 1. The fraction of sp³-hybridized carbons (Fsp3) is 1.00. The lowest BCUT2D eigenvalue weighted by atomic mass is 9.60. The Labute approximate surface area is 86.0 Å². The molecule has 0 saturated carbocycles. The molecule has 0 spiro atoms. The highest BCUT2D eigenvalue weighted by atomic mass is 19.1. The first-order valence-electron chi connectivity index (χ1n) is 5.61. The van der Waals surface area contributed by atoms with Gasteiger partial charge in [0.15, 0.2) is 0 Å². The molecule has 0 aromatic heterocycles. The predicted molar refractivity (Wildman–Crippen MR) is 57.2 cm³/mol. The third-order valence-electron chi connectivity index (χ3n) is 2.34. The molecule has 0 saturated heterocycles. The number of hydrogen-bond acceptors (Lipinski definition) is 1. The summed E-state index contributed by atoms with van der Waals surface area (Å²) < 4.78 is 23.4. The number of alkyl halides is 2. The molecular weight excluding hydrogens is 185 g/mol. The smallest absolute Gasteiger partial charge is 0.288 e. The van der Waals surface area contributed by atoms with E-state index in [-0.39, 0.29) is 20.3 Å². The first-order chi connectivity index (χ1) is 6.81. The van der Waals surface area contributed by atoms with E-state index in [0.29, 0.717) is 12.8 Å². The van der Waals surface area contributed by atoms with Gasteiger partial charge in [-0.25, -0.2) is 0 Å². The summed E-state index contributed by atoms with van der Waals surface area (Å²) in [7, 11) is 0. The zero-order valence-corrected chi connectivity index (χ0v) is 8.85. The van der Waals surface area contributed by atoms with Crippen LogP contribution in [0, 0.1) is 0 Å². The van der Waals surface area contributed by atoms with Crippen LogP contribution in [0.5, 0.6) is 0 Å². The van der Waals surface area contributed by atoms with Crippen molar-refractivity contribution in [2.45, 2.75) is 51.2 Å². The van der Waals surface area contributed by atoms with Gasteiger partial charge in [-0.2, -0.15) is 0 Å². The molecular formula is C10H21BF2O. The maximum absolute atomic E-state index is 11.7. The molecule has 84 valence electrons.